The van der Waals surface area contributed by atoms with Gasteiger partial charge in [0, 0.05) is 6.42 Å². The summed E-state index contributed by atoms with van der Waals surface area (Å²) in [5.74, 6) is -0.906. The highest BCUT2D eigenvalue weighted by Crippen LogP contribution is 2.22. The zero-order chi connectivity index (χ0) is 20.0. The van der Waals surface area contributed by atoms with E-state index in [1.165, 1.54) is 12.0 Å². The topological polar surface area (TPSA) is 105 Å². The number of ketones is 1. The molecule has 8 nitrogen and oxygen atoms in total. The van der Waals surface area contributed by atoms with Crippen LogP contribution in [0, 0.1) is 5.92 Å². The Hall–Kier alpha value is -2.45. The molecule has 2 rings (SSSR count). The molecule has 1 aromatic rings. The van der Waals surface area contributed by atoms with Crippen LogP contribution in [0.3, 0.4) is 0 Å². The maximum Gasteiger partial charge on any atom is 0.407 e. The van der Waals surface area contributed by atoms with Crippen molar-refractivity contribution in [2.45, 2.75) is 45.2 Å². The highest BCUT2D eigenvalue weighted by Gasteiger charge is 2.43. The third-order valence-corrected chi connectivity index (χ3v) is 4.53. The fourth-order valence-electron chi connectivity index (χ4n) is 3.02. The van der Waals surface area contributed by atoms with Crippen molar-refractivity contribution in [2.75, 3.05) is 13.7 Å². The van der Waals surface area contributed by atoms with Gasteiger partial charge in [-0.05, 0) is 11.5 Å². The van der Waals surface area contributed by atoms with Gasteiger partial charge >= 0.3 is 12.1 Å². The van der Waals surface area contributed by atoms with Crippen LogP contribution in [0.25, 0.3) is 0 Å². The van der Waals surface area contributed by atoms with E-state index in [1.54, 1.807) is 0 Å². The number of amides is 1. The Morgan fingerprint density at radius 2 is 1.96 bits per heavy atom. The summed E-state index contributed by atoms with van der Waals surface area (Å²) >= 11 is 0. The maximum absolute atomic E-state index is 12.5. The molecule has 3 atom stereocenters. The molecule has 27 heavy (non-hydrogen) atoms. The number of nitrogens with one attached hydrogen (secondary N) is 1. The number of Topliss-reactive ketones (excluding diaryl/α,β-unsaturated/α-hetero) is 1. The predicted octanol–water partition coefficient (Wildman–Crippen LogP) is 1.07. The summed E-state index contributed by atoms with van der Waals surface area (Å²) in [7, 11) is 1.22. The molecule has 0 aromatic heterocycles. The predicted molar refractivity (Wildman–Crippen MR) is 96.5 cm³/mol. The van der Waals surface area contributed by atoms with Gasteiger partial charge < -0.3 is 19.9 Å². The molecule has 0 bridgehead atoms. The number of methoxy groups -OCH3 is 1. The number of benzene rings is 1. The van der Waals surface area contributed by atoms with E-state index in [1.807, 2.05) is 44.2 Å². The van der Waals surface area contributed by atoms with Crippen LogP contribution in [0.1, 0.15) is 25.8 Å². The minimum atomic E-state index is -1.23. The van der Waals surface area contributed by atoms with E-state index in [9.17, 15) is 19.5 Å². The van der Waals surface area contributed by atoms with Crippen molar-refractivity contribution < 1.29 is 29.0 Å². The van der Waals surface area contributed by atoms with E-state index in [4.69, 9.17) is 4.74 Å². The monoisotopic (exact) mass is 378 g/mol. The molecule has 1 heterocycles. The second kappa shape index (κ2) is 9.48. The Kier molecular flexibility index (Phi) is 7.32. The fourth-order valence-corrected chi connectivity index (χ4v) is 3.02. The normalized spacial score (nSPS) is 19.6. The largest absolute Gasteiger partial charge is 0.460 e. The summed E-state index contributed by atoms with van der Waals surface area (Å²) in [6, 6.07) is 7.58. The van der Waals surface area contributed by atoms with E-state index in [0.717, 1.165) is 5.56 Å². The fraction of sp³-hybridized carbons (Fsp3) is 0.526. The van der Waals surface area contributed by atoms with Crippen molar-refractivity contribution in [2.24, 2.45) is 5.92 Å². The number of rotatable bonds is 7. The van der Waals surface area contributed by atoms with Gasteiger partial charge in [0.1, 0.15) is 24.7 Å². The van der Waals surface area contributed by atoms with Gasteiger partial charge in [0.05, 0.1) is 19.7 Å². The van der Waals surface area contributed by atoms with Crippen LogP contribution < -0.4 is 5.32 Å². The molecule has 148 valence electrons. The molecule has 1 unspecified atom stereocenters. The Balaban J connectivity index is 2.07. The standard InChI is InChI=1S/C19H26N2O6/c1-12(2)16(20-19(25)26-3)17(23)21-10-14(22)9-15(21)18(24)27-11-13-7-5-4-6-8-13/h4-8,12,15-17,23H,9-11H2,1-3H3,(H,20,25)/t15-,16-,17?/m0/s1. The lowest BCUT2D eigenvalue weighted by atomic mass is 10.0. The van der Waals surface area contributed by atoms with Crippen molar-refractivity contribution in [3.63, 3.8) is 0 Å². The number of aliphatic hydroxyl groups excluding tert-OH is 1. The highest BCUT2D eigenvalue weighted by molar-refractivity contribution is 5.91. The molecule has 1 saturated heterocycles. The van der Waals surface area contributed by atoms with Crippen LogP contribution in [0.15, 0.2) is 30.3 Å². The molecule has 1 fully saturated rings. The third-order valence-electron chi connectivity index (χ3n) is 4.53. The van der Waals surface area contributed by atoms with Gasteiger partial charge in [-0.3, -0.25) is 14.5 Å². The minimum absolute atomic E-state index is 0.0340. The van der Waals surface area contributed by atoms with Gasteiger partial charge in [0.15, 0.2) is 0 Å². The maximum atomic E-state index is 12.5. The first kappa shape index (κ1) is 20.9. The quantitative estimate of drug-likeness (QED) is 0.684. The van der Waals surface area contributed by atoms with Crippen molar-refractivity contribution >= 4 is 17.8 Å². The molecule has 1 aromatic carbocycles. The van der Waals surface area contributed by atoms with Gasteiger partial charge in [0.25, 0.3) is 0 Å². The molecule has 1 aliphatic heterocycles. The van der Waals surface area contributed by atoms with Crippen LogP contribution >= 0.6 is 0 Å². The number of hydrogen-bond acceptors (Lipinski definition) is 7. The van der Waals surface area contributed by atoms with Crippen LogP contribution in [-0.2, 0) is 25.7 Å². The number of nitrogens with zero attached hydrogens (tertiary/aromatic N) is 1. The average molecular weight is 378 g/mol. The van der Waals surface area contributed by atoms with Crippen LogP contribution in [0.5, 0.6) is 0 Å². The molecule has 8 heteroatoms. The number of hydrogen-bond donors (Lipinski definition) is 2. The Bertz CT molecular complexity index is 663. The zero-order valence-corrected chi connectivity index (χ0v) is 15.8. The third kappa shape index (κ3) is 5.51. The number of alkyl carbamates (subject to hydrolysis) is 1. The molecule has 1 amide bonds. The average Bonchev–Trinajstić information content (AvgIpc) is 3.05. The molecular formula is C19H26N2O6. The van der Waals surface area contributed by atoms with Gasteiger partial charge in [0.2, 0.25) is 0 Å². The van der Waals surface area contributed by atoms with Gasteiger partial charge in [-0.25, -0.2) is 4.79 Å². The number of esters is 1. The van der Waals surface area contributed by atoms with E-state index in [2.05, 4.69) is 10.1 Å². The first-order valence-electron chi connectivity index (χ1n) is 8.84. The molecule has 0 aliphatic carbocycles. The van der Waals surface area contributed by atoms with Gasteiger partial charge in [-0.1, -0.05) is 44.2 Å². The first-order valence-corrected chi connectivity index (χ1v) is 8.84. The van der Waals surface area contributed by atoms with Crippen molar-refractivity contribution in [3.05, 3.63) is 35.9 Å². The second-order valence-electron chi connectivity index (χ2n) is 6.84. The molecular weight excluding hydrogens is 352 g/mol. The number of ether oxygens (including phenoxy) is 2. The molecule has 0 saturated carbocycles. The van der Waals surface area contributed by atoms with Gasteiger partial charge in [-0.2, -0.15) is 0 Å². The van der Waals surface area contributed by atoms with E-state index in [-0.39, 0.29) is 31.3 Å². The smallest absolute Gasteiger partial charge is 0.407 e. The summed E-state index contributed by atoms with van der Waals surface area (Å²) < 4.78 is 9.92. The SMILES string of the molecule is COC(=O)N[C@@H](C(C)C)C(O)N1CC(=O)C[C@H]1C(=O)OCc1ccccc1. The first-order chi connectivity index (χ1) is 12.8. The van der Waals surface area contributed by atoms with E-state index in [0.29, 0.717) is 0 Å². The van der Waals surface area contributed by atoms with Gasteiger partial charge in [-0.15, -0.1) is 0 Å². The summed E-state index contributed by atoms with van der Waals surface area (Å²) in [6.45, 7) is 3.62. The molecule has 0 spiro atoms. The van der Waals surface area contributed by atoms with Crippen molar-refractivity contribution in [3.8, 4) is 0 Å². The summed E-state index contributed by atoms with van der Waals surface area (Å²) in [5.41, 5.74) is 0.828. The lowest BCUT2D eigenvalue weighted by Crippen LogP contribution is -2.56. The van der Waals surface area contributed by atoms with E-state index < -0.39 is 30.4 Å². The summed E-state index contributed by atoms with van der Waals surface area (Å²) in [4.78, 5) is 37.4. The zero-order valence-electron chi connectivity index (χ0n) is 15.8. The molecule has 1 aliphatic rings. The van der Waals surface area contributed by atoms with E-state index >= 15 is 0 Å². The lowest BCUT2D eigenvalue weighted by Gasteiger charge is -2.35. The van der Waals surface area contributed by atoms with Crippen molar-refractivity contribution in [1.82, 2.24) is 10.2 Å². The Labute approximate surface area is 158 Å². The van der Waals surface area contributed by atoms with Crippen molar-refractivity contribution in [1.29, 1.82) is 0 Å². The molecule has 2 N–H and O–H groups in total. The van der Waals surface area contributed by atoms with Crippen LogP contribution in [-0.4, -0.2) is 59.8 Å². The number of likely N-dealkylation sites (tertiary alicyclic amines) is 1. The van der Waals surface area contributed by atoms with Crippen LogP contribution in [0.2, 0.25) is 0 Å². The summed E-state index contributed by atoms with van der Waals surface area (Å²) in [6.07, 6.45) is -1.96. The summed E-state index contributed by atoms with van der Waals surface area (Å²) in [5, 5.41) is 13.3. The molecule has 0 radical (unpaired) electrons. The van der Waals surface area contributed by atoms with Crippen LogP contribution in [0.4, 0.5) is 4.79 Å². The number of carbonyl (C=O) groups is 3. The number of aliphatic hydroxyl groups is 1. The lowest BCUT2D eigenvalue weighted by molar-refractivity contribution is -0.155. The Morgan fingerprint density at radius 3 is 2.56 bits per heavy atom. The minimum Gasteiger partial charge on any atom is -0.460 e. The highest BCUT2D eigenvalue weighted by atomic mass is 16.5. The Morgan fingerprint density at radius 1 is 1.30 bits per heavy atom. The number of carbonyl (C=O) groups excluding carboxylic acids is 3. The second-order valence-corrected chi connectivity index (χ2v) is 6.84.